The highest BCUT2D eigenvalue weighted by Gasteiger charge is 2.10. The number of hydrogen-bond acceptors (Lipinski definition) is 4. The maximum atomic E-state index is 3.31. The Balaban J connectivity index is 1.69. The van der Waals surface area contributed by atoms with Crippen molar-refractivity contribution in [3.8, 4) is 33.4 Å². The van der Waals surface area contributed by atoms with E-state index < -0.39 is 0 Å². The van der Waals surface area contributed by atoms with Crippen LogP contribution in [0.5, 0.6) is 0 Å². The first-order valence-electron chi connectivity index (χ1n) is 7.16. The summed E-state index contributed by atoms with van der Waals surface area (Å²) >= 11 is 6.79. The van der Waals surface area contributed by atoms with Crippen molar-refractivity contribution in [1.82, 2.24) is 0 Å². The van der Waals surface area contributed by atoms with E-state index in [2.05, 4.69) is 57.3 Å². The quantitative estimate of drug-likeness (QED) is 0.336. The van der Waals surface area contributed by atoms with E-state index in [9.17, 15) is 0 Å². The van der Waals surface area contributed by atoms with E-state index in [4.69, 9.17) is 0 Å². The Bertz CT molecular complexity index is 964. The molecule has 4 rings (SSSR count). The molecule has 0 fully saturated rings. The molecule has 0 aliphatic heterocycles. The van der Waals surface area contributed by atoms with Gasteiger partial charge in [0.2, 0.25) is 0 Å². The summed E-state index contributed by atoms with van der Waals surface area (Å²) in [7, 11) is 0. The molecule has 4 aromatic heterocycles. The van der Waals surface area contributed by atoms with E-state index in [0.717, 1.165) is 20.9 Å². The Morgan fingerprint density at radius 1 is 0.500 bits per heavy atom. The Labute approximate surface area is 157 Å². The van der Waals surface area contributed by atoms with Gasteiger partial charge < -0.3 is 0 Å². The summed E-state index contributed by atoms with van der Waals surface area (Å²) in [5.41, 5.74) is 2.16. The molecule has 0 bridgehead atoms. The molecular weight excluding hydrogens is 368 g/mol. The zero-order chi connectivity index (χ0) is 16.2. The minimum atomic E-state index is 1.08. The van der Waals surface area contributed by atoms with E-state index in [0.29, 0.717) is 0 Å². The Morgan fingerprint density at radius 3 is 1.42 bits per heavy atom. The molecule has 0 aliphatic carbocycles. The van der Waals surface area contributed by atoms with E-state index >= 15 is 0 Å². The predicted molar refractivity (Wildman–Crippen MR) is 108 cm³/mol. The molecule has 0 aliphatic rings. The second-order valence-corrected chi connectivity index (χ2v) is 8.51. The van der Waals surface area contributed by atoms with E-state index in [-0.39, 0.29) is 0 Å². The lowest BCUT2D eigenvalue weighted by molar-refractivity contribution is 1.77. The minimum Gasteiger partial charge on any atom is -0.142 e. The van der Waals surface area contributed by atoms with Crippen LogP contribution in [0.1, 0.15) is 20.9 Å². The lowest BCUT2D eigenvalue weighted by Gasteiger charge is -1.96. The molecule has 4 aromatic rings. The second kappa shape index (κ2) is 7.21. The molecule has 4 heterocycles. The van der Waals surface area contributed by atoms with Gasteiger partial charge in [-0.15, -0.1) is 45.3 Å². The van der Waals surface area contributed by atoms with Gasteiger partial charge in [0, 0.05) is 11.1 Å². The summed E-state index contributed by atoms with van der Waals surface area (Å²) in [6.45, 7) is 0. The third-order valence-electron chi connectivity index (χ3n) is 3.22. The Kier molecular flexibility index (Phi) is 4.64. The smallest absolute Gasteiger partial charge is 0.0772 e. The molecule has 0 saturated heterocycles. The summed E-state index contributed by atoms with van der Waals surface area (Å²) in [6, 6.07) is 12.3. The summed E-state index contributed by atoms with van der Waals surface area (Å²) in [6.07, 6.45) is 0. The van der Waals surface area contributed by atoms with Crippen molar-refractivity contribution < 1.29 is 0 Å². The van der Waals surface area contributed by atoms with E-state index in [1.54, 1.807) is 45.3 Å². The molecule has 0 unspecified atom stereocenters. The second-order valence-electron chi connectivity index (χ2n) is 4.78. The summed E-state index contributed by atoms with van der Waals surface area (Å²) in [5, 5.41) is 8.31. The third kappa shape index (κ3) is 3.38. The van der Waals surface area contributed by atoms with Gasteiger partial charge in [-0.05, 0) is 45.8 Å². The van der Waals surface area contributed by atoms with Crippen molar-refractivity contribution in [2.75, 3.05) is 0 Å². The zero-order valence-corrected chi connectivity index (χ0v) is 15.7. The first kappa shape index (κ1) is 15.4. The van der Waals surface area contributed by atoms with Gasteiger partial charge in [-0.3, -0.25) is 0 Å². The fourth-order valence-electron chi connectivity index (χ4n) is 2.12. The van der Waals surface area contributed by atoms with Gasteiger partial charge >= 0.3 is 0 Å². The summed E-state index contributed by atoms with van der Waals surface area (Å²) in [4.78, 5) is 4.61. The third-order valence-corrected chi connectivity index (χ3v) is 6.78. The maximum absolute atomic E-state index is 3.31. The molecule has 0 atom stereocenters. The normalized spacial score (nSPS) is 9.83. The Hall–Kier alpha value is -2.08. The highest BCUT2D eigenvalue weighted by molar-refractivity contribution is 7.20. The molecule has 0 radical (unpaired) electrons. The predicted octanol–water partition coefficient (Wildman–Crippen LogP) is 6.40. The van der Waals surface area contributed by atoms with E-state index in [1.807, 2.05) is 24.3 Å². The fourth-order valence-corrected chi connectivity index (χ4v) is 5.16. The molecule has 0 aromatic carbocycles. The van der Waals surface area contributed by atoms with Gasteiger partial charge in [0.25, 0.3) is 0 Å². The van der Waals surface area contributed by atoms with Gasteiger partial charge in [0.05, 0.1) is 19.5 Å². The van der Waals surface area contributed by atoms with E-state index in [1.165, 1.54) is 9.75 Å². The monoisotopic (exact) mass is 378 g/mol. The first-order valence-corrected chi connectivity index (χ1v) is 10.7. The van der Waals surface area contributed by atoms with Crippen molar-refractivity contribution in [3.63, 3.8) is 0 Å². The van der Waals surface area contributed by atoms with Crippen LogP contribution in [0.15, 0.2) is 57.9 Å². The van der Waals surface area contributed by atoms with Crippen LogP contribution in [0.3, 0.4) is 0 Å². The average Bonchev–Trinajstić information content (AvgIpc) is 3.40. The van der Waals surface area contributed by atoms with Gasteiger partial charge in [0.15, 0.2) is 0 Å². The van der Waals surface area contributed by atoms with Crippen LogP contribution in [-0.4, -0.2) is 0 Å². The lowest BCUT2D eigenvalue weighted by atomic mass is 10.1. The molecule has 0 amide bonds. The summed E-state index contributed by atoms with van der Waals surface area (Å²) in [5.74, 6) is 13.1. The fraction of sp³-hybridized carbons (Fsp3) is 0. The van der Waals surface area contributed by atoms with Gasteiger partial charge in [-0.25, -0.2) is 0 Å². The van der Waals surface area contributed by atoms with Crippen LogP contribution in [-0.2, 0) is 0 Å². The van der Waals surface area contributed by atoms with Crippen molar-refractivity contribution in [2.45, 2.75) is 0 Å². The zero-order valence-electron chi connectivity index (χ0n) is 12.4. The molecule has 24 heavy (non-hydrogen) atoms. The van der Waals surface area contributed by atoms with Crippen LogP contribution in [0.25, 0.3) is 9.75 Å². The number of thiophene rings is 4. The average molecular weight is 379 g/mol. The van der Waals surface area contributed by atoms with Crippen LogP contribution >= 0.6 is 45.3 Å². The van der Waals surface area contributed by atoms with Crippen LogP contribution in [0.2, 0.25) is 0 Å². The van der Waals surface area contributed by atoms with Gasteiger partial charge in [-0.2, -0.15) is 0 Å². The first-order chi connectivity index (χ1) is 11.9. The maximum Gasteiger partial charge on any atom is 0.0772 e. The SMILES string of the molecule is C(#Cc1ccsc1-c1sccc1C#Cc1cccs1)c1cccs1. The number of hydrogen-bond donors (Lipinski definition) is 0. The van der Waals surface area contributed by atoms with Crippen molar-refractivity contribution in [1.29, 1.82) is 0 Å². The van der Waals surface area contributed by atoms with Crippen LogP contribution in [0, 0.1) is 23.7 Å². The largest absolute Gasteiger partial charge is 0.142 e. The topological polar surface area (TPSA) is 0 Å². The Morgan fingerprint density at radius 2 is 1.00 bits per heavy atom. The molecule has 0 saturated carbocycles. The highest BCUT2D eigenvalue weighted by Crippen LogP contribution is 2.35. The lowest BCUT2D eigenvalue weighted by Crippen LogP contribution is -1.78. The van der Waals surface area contributed by atoms with Crippen LogP contribution < -0.4 is 0 Å². The minimum absolute atomic E-state index is 1.08. The molecule has 114 valence electrons. The van der Waals surface area contributed by atoms with Gasteiger partial charge in [0.1, 0.15) is 0 Å². The standard InChI is InChI=1S/C20H10S4/c1-3-17(21-11-1)7-5-15-9-13-23-19(15)20-16(10-14-24-20)6-8-18-4-2-12-22-18/h1-4,9-14H. The molecule has 0 N–H and O–H groups in total. The van der Waals surface area contributed by atoms with Crippen LogP contribution in [0.4, 0.5) is 0 Å². The molecular formula is C20H10S4. The molecule has 0 nitrogen and oxygen atoms in total. The molecule has 0 spiro atoms. The number of rotatable bonds is 1. The summed E-state index contributed by atoms with van der Waals surface area (Å²) < 4.78 is 0. The van der Waals surface area contributed by atoms with Gasteiger partial charge in [-0.1, -0.05) is 35.8 Å². The molecule has 4 heteroatoms. The van der Waals surface area contributed by atoms with Crippen molar-refractivity contribution >= 4 is 45.3 Å². The van der Waals surface area contributed by atoms with Crippen molar-refractivity contribution in [2.24, 2.45) is 0 Å². The van der Waals surface area contributed by atoms with Crippen molar-refractivity contribution in [3.05, 3.63) is 78.8 Å². The highest BCUT2D eigenvalue weighted by atomic mass is 32.1.